The minimum absolute atomic E-state index is 0.327. The second-order valence-corrected chi connectivity index (χ2v) is 5.89. The maximum atomic E-state index is 11.9. The number of hydrogen-bond donors (Lipinski definition) is 1. The summed E-state index contributed by atoms with van der Waals surface area (Å²) in [5.41, 5.74) is 4.82. The van der Waals surface area contributed by atoms with Crippen LogP contribution in [0.1, 0.15) is 16.1 Å². The third kappa shape index (κ3) is 3.55. The number of carbonyl (C=O) groups is 1. The van der Waals surface area contributed by atoms with Crippen molar-refractivity contribution in [1.82, 2.24) is 10.5 Å². The Balaban J connectivity index is 1.56. The van der Waals surface area contributed by atoms with Crippen LogP contribution in [0.2, 0.25) is 0 Å². The van der Waals surface area contributed by atoms with E-state index in [1.165, 1.54) is 11.3 Å². The van der Waals surface area contributed by atoms with Crippen molar-refractivity contribution in [1.29, 1.82) is 0 Å². The van der Waals surface area contributed by atoms with E-state index < -0.39 is 0 Å². The molecule has 0 saturated carbocycles. The van der Waals surface area contributed by atoms with Gasteiger partial charge in [0.15, 0.2) is 0 Å². The Morgan fingerprint density at radius 3 is 2.81 bits per heavy atom. The van der Waals surface area contributed by atoms with E-state index in [2.05, 4.69) is 10.5 Å². The van der Waals surface area contributed by atoms with Gasteiger partial charge in [-0.05, 0) is 17.0 Å². The maximum absolute atomic E-state index is 11.9. The topological polar surface area (TPSA) is 51.2 Å². The summed E-state index contributed by atoms with van der Waals surface area (Å²) < 4.78 is 0. The molecule has 2 heterocycles. The number of thiazole rings is 1. The molecule has 0 saturated heterocycles. The average molecular weight is 316 g/mol. The molecular weight excluding hydrogens is 304 g/mol. The fourth-order valence-electron chi connectivity index (χ4n) is 1.71. The zero-order chi connectivity index (χ0) is 14.5. The van der Waals surface area contributed by atoms with Crippen LogP contribution in [0.15, 0.2) is 52.5 Å². The van der Waals surface area contributed by atoms with Crippen molar-refractivity contribution in [2.45, 2.75) is 6.61 Å². The Kier molecular flexibility index (Phi) is 4.40. The summed E-state index contributed by atoms with van der Waals surface area (Å²) in [5, 5.41) is 6.56. The summed E-state index contributed by atoms with van der Waals surface area (Å²) in [6.45, 7) is 0.327. The van der Waals surface area contributed by atoms with Crippen LogP contribution in [0.25, 0.3) is 10.6 Å². The van der Waals surface area contributed by atoms with Gasteiger partial charge in [0.25, 0.3) is 5.91 Å². The fraction of sp³-hybridized carbons (Fsp3) is 0.0667. The van der Waals surface area contributed by atoms with Crippen LogP contribution in [-0.4, -0.2) is 10.9 Å². The third-order valence-electron chi connectivity index (χ3n) is 2.75. The molecule has 21 heavy (non-hydrogen) atoms. The summed E-state index contributed by atoms with van der Waals surface area (Å²) in [6, 6.07) is 11.6. The van der Waals surface area contributed by atoms with Gasteiger partial charge < -0.3 is 0 Å². The molecule has 1 aromatic carbocycles. The van der Waals surface area contributed by atoms with Gasteiger partial charge in [-0.25, -0.2) is 10.5 Å². The number of aromatic nitrogens is 1. The van der Waals surface area contributed by atoms with Gasteiger partial charge in [0, 0.05) is 16.3 Å². The van der Waals surface area contributed by atoms with E-state index in [0.717, 1.165) is 16.1 Å². The Morgan fingerprint density at radius 2 is 2.05 bits per heavy atom. The second-order valence-electron chi connectivity index (χ2n) is 4.26. The third-order valence-corrected chi connectivity index (χ3v) is 4.33. The molecule has 0 unspecified atom stereocenters. The first kappa shape index (κ1) is 13.9. The van der Waals surface area contributed by atoms with Gasteiger partial charge in [0.2, 0.25) is 0 Å². The Labute approximate surface area is 130 Å². The van der Waals surface area contributed by atoms with Crippen LogP contribution < -0.4 is 5.48 Å². The van der Waals surface area contributed by atoms with E-state index in [0.29, 0.717) is 12.3 Å². The molecule has 0 fully saturated rings. The molecule has 0 atom stereocenters. The van der Waals surface area contributed by atoms with Crippen LogP contribution in [0.4, 0.5) is 0 Å². The molecule has 0 spiro atoms. The van der Waals surface area contributed by atoms with Gasteiger partial charge in [0.05, 0.1) is 6.61 Å². The van der Waals surface area contributed by atoms with Crippen LogP contribution in [0.3, 0.4) is 0 Å². The van der Waals surface area contributed by atoms with Gasteiger partial charge >= 0.3 is 0 Å². The first-order valence-electron chi connectivity index (χ1n) is 6.27. The molecular formula is C15H12N2O2S2. The molecule has 3 aromatic rings. The maximum Gasteiger partial charge on any atom is 0.294 e. The first-order chi connectivity index (χ1) is 10.3. The van der Waals surface area contributed by atoms with Crippen molar-refractivity contribution >= 4 is 28.6 Å². The van der Waals surface area contributed by atoms with E-state index >= 15 is 0 Å². The summed E-state index contributed by atoms with van der Waals surface area (Å²) in [5.74, 6) is -0.330. The molecule has 106 valence electrons. The van der Waals surface area contributed by atoms with Crippen LogP contribution in [0, 0.1) is 0 Å². The highest BCUT2D eigenvalue weighted by atomic mass is 32.1. The van der Waals surface area contributed by atoms with E-state index in [1.54, 1.807) is 16.7 Å². The minimum atomic E-state index is -0.330. The SMILES string of the molecule is O=C(NOCc1ccccc1)c1csc(-c2ccsc2)n1. The quantitative estimate of drug-likeness (QED) is 0.730. The van der Waals surface area contributed by atoms with Crippen molar-refractivity contribution in [2.75, 3.05) is 0 Å². The summed E-state index contributed by atoms with van der Waals surface area (Å²) in [7, 11) is 0. The van der Waals surface area contributed by atoms with Gasteiger partial charge in [-0.15, -0.1) is 11.3 Å². The molecule has 0 aliphatic heterocycles. The Hall–Kier alpha value is -2.02. The smallest absolute Gasteiger partial charge is 0.269 e. The highest BCUT2D eigenvalue weighted by Crippen LogP contribution is 2.25. The van der Waals surface area contributed by atoms with E-state index in [-0.39, 0.29) is 5.91 Å². The molecule has 0 bridgehead atoms. The molecule has 1 amide bonds. The number of thiophene rings is 1. The Bertz CT molecular complexity index is 708. The molecule has 3 rings (SSSR count). The van der Waals surface area contributed by atoms with Crippen LogP contribution in [-0.2, 0) is 11.4 Å². The lowest BCUT2D eigenvalue weighted by molar-refractivity contribution is 0.0230. The molecule has 4 nitrogen and oxygen atoms in total. The number of nitrogens with one attached hydrogen (secondary N) is 1. The molecule has 1 N–H and O–H groups in total. The van der Waals surface area contributed by atoms with E-state index in [9.17, 15) is 4.79 Å². The fourth-order valence-corrected chi connectivity index (χ4v) is 3.22. The summed E-state index contributed by atoms with van der Waals surface area (Å²) in [6.07, 6.45) is 0. The monoisotopic (exact) mass is 316 g/mol. The number of benzene rings is 1. The van der Waals surface area contributed by atoms with Crippen LogP contribution in [0.5, 0.6) is 0 Å². The van der Waals surface area contributed by atoms with Gasteiger partial charge in [-0.1, -0.05) is 30.3 Å². The second kappa shape index (κ2) is 6.62. The van der Waals surface area contributed by atoms with Crippen LogP contribution >= 0.6 is 22.7 Å². The number of carbonyl (C=O) groups excluding carboxylic acids is 1. The number of rotatable bonds is 5. The zero-order valence-electron chi connectivity index (χ0n) is 11.0. The highest BCUT2D eigenvalue weighted by molar-refractivity contribution is 7.14. The number of hydrogen-bond acceptors (Lipinski definition) is 5. The van der Waals surface area contributed by atoms with Crippen molar-refractivity contribution in [3.05, 3.63) is 63.8 Å². The largest absolute Gasteiger partial charge is 0.294 e. The molecule has 2 aromatic heterocycles. The number of nitrogens with zero attached hydrogens (tertiary/aromatic N) is 1. The average Bonchev–Trinajstić information content (AvgIpc) is 3.19. The normalized spacial score (nSPS) is 10.5. The number of hydroxylamine groups is 1. The zero-order valence-corrected chi connectivity index (χ0v) is 12.6. The molecule has 0 aliphatic rings. The van der Waals surface area contributed by atoms with Crippen molar-refractivity contribution in [3.63, 3.8) is 0 Å². The molecule has 6 heteroatoms. The van der Waals surface area contributed by atoms with E-state index in [4.69, 9.17) is 4.84 Å². The summed E-state index contributed by atoms with van der Waals surface area (Å²) >= 11 is 3.05. The van der Waals surface area contributed by atoms with E-state index in [1.807, 2.05) is 47.2 Å². The van der Waals surface area contributed by atoms with Crippen molar-refractivity contribution in [3.8, 4) is 10.6 Å². The van der Waals surface area contributed by atoms with Crippen molar-refractivity contribution < 1.29 is 9.63 Å². The van der Waals surface area contributed by atoms with Gasteiger partial charge in [0.1, 0.15) is 10.7 Å². The molecule has 0 radical (unpaired) electrons. The van der Waals surface area contributed by atoms with Gasteiger partial charge in [-0.2, -0.15) is 11.3 Å². The lowest BCUT2D eigenvalue weighted by Crippen LogP contribution is -2.23. The van der Waals surface area contributed by atoms with Gasteiger partial charge in [-0.3, -0.25) is 9.63 Å². The predicted octanol–water partition coefficient (Wildman–Crippen LogP) is 3.73. The first-order valence-corrected chi connectivity index (χ1v) is 8.09. The highest BCUT2D eigenvalue weighted by Gasteiger charge is 2.12. The lowest BCUT2D eigenvalue weighted by atomic mass is 10.2. The molecule has 0 aliphatic carbocycles. The van der Waals surface area contributed by atoms with Crippen molar-refractivity contribution in [2.24, 2.45) is 0 Å². The lowest BCUT2D eigenvalue weighted by Gasteiger charge is -2.04. The minimum Gasteiger partial charge on any atom is -0.269 e. The standard InChI is InChI=1S/C15H12N2O2S2/c18-14(17-19-8-11-4-2-1-3-5-11)13-10-21-15(16-13)12-6-7-20-9-12/h1-7,9-10H,8H2,(H,17,18). The summed E-state index contributed by atoms with van der Waals surface area (Å²) in [4.78, 5) is 21.4. The predicted molar refractivity (Wildman–Crippen MR) is 84.1 cm³/mol. The Morgan fingerprint density at radius 1 is 1.19 bits per heavy atom. The number of amides is 1.